The van der Waals surface area contributed by atoms with E-state index in [0.29, 0.717) is 13.2 Å². The van der Waals surface area contributed by atoms with Gasteiger partial charge in [-0.25, -0.2) is 0 Å². The van der Waals surface area contributed by atoms with E-state index in [9.17, 15) is 0 Å². The molecule has 3 nitrogen and oxygen atoms in total. The lowest BCUT2D eigenvalue weighted by molar-refractivity contribution is 0.305. The number of nitrogens with zero attached hydrogens (tertiary/aromatic N) is 1. The van der Waals surface area contributed by atoms with Crippen LogP contribution in [0.4, 0.5) is 5.69 Å². The lowest BCUT2D eigenvalue weighted by Gasteiger charge is -2.13. The van der Waals surface area contributed by atoms with Crippen molar-refractivity contribution in [1.82, 2.24) is 0 Å². The summed E-state index contributed by atoms with van der Waals surface area (Å²) in [6, 6.07) is 15.8. The van der Waals surface area contributed by atoms with E-state index in [2.05, 4.69) is 4.99 Å². The van der Waals surface area contributed by atoms with Gasteiger partial charge in [-0.05, 0) is 17.7 Å². The predicted molar refractivity (Wildman–Crippen MR) is 70.9 cm³/mol. The van der Waals surface area contributed by atoms with Crippen LogP contribution >= 0.6 is 0 Å². The van der Waals surface area contributed by atoms with E-state index >= 15 is 0 Å². The number of fused-ring (bicyclic) bond motifs is 1. The van der Waals surface area contributed by atoms with Crippen LogP contribution in [-0.4, -0.2) is 12.8 Å². The largest absolute Gasteiger partial charge is 0.489 e. The minimum Gasteiger partial charge on any atom is -0.489 e. The van der Waals surface area contributed by atoms with Gasteiger partial charge in [0, 0.05) is 12.3 Å². The summed E-state index contributed by atoms with van der Waals surface area (Å²) in [6.07, 6.45) is 1.75. The summed E-state index contributed by atoms with van der Waals surface area (Å²) in [7, 11) is 0. The Balaban J connectivity index is 1.72. The number of benzene rings is 2. The molecular weight excluding hydrogens is 226 g/mol. The molecule has 0 bridgehead atoms. The van der Waals surface area contributed by atoms with Crippen LogP contribution < -0.4 is 9.47 Å². The number of rotatable bonds is 3. The highest BCUT2D eigenvalue weighted by molar-refractivity contribution is 5.71. The average Bonchev–Trinajstić information content (AvgIpc) is 2.46. The van der Waals surface area contributed by atoms with Crippen LogP contribution in [0.15, 0.2) is 53.5 Å². The van der Waals surface area contributed by atoms with Gasteiger partial charge in [0.1, 0.15) is 30.4 Å². The van der Waals surface area contributed by atoms with E-state index in [4.69, 9.17) is 9.47 Å². The lowest BCUT2D eigenvalue weighted by atomic mass is 10.2. The third kappa shape index (κ3) is 2.35. The molecule has 0 saturated heterocycles. The minimum absolute atomic E-state index is 0.539. The maximum Gasteiger partial charge on any atom is 0.145 e. The van der Waals surface area contributed by atoms with Crippen LogP contribution in [0, 0.1) is 0 Å². The fourth-order valence-electron chi connectivity index (χ4n) is 1.81. The van der Waals surface area contributed by atoms with Gasteiger partial charge in [-0.15, -0.1) is 0 Å². The third-order valence-electron chi connectivity index (χ3n) is 2.72. The summed E-state index contributed by atoms with van der Waals surface area (Å²) in [4.78, 5) is 4.28. The molecule has 3 rings (SSSR count). The van der Waals surface area contributed by atoms with E-state index in [-0.39, 0.29) is 0 Å². The molecule has 0 unspecified atom stereocenters. The average molecular weight is 239 g/mol. The number of hydrogen-bond donors (Lipinski definition) is 0. The molecule has 1 heterocycles. The second-order valence-electron chi connectivity index (χ2n) is 4.03. The molecule has 0 radical (unpaired) electrons. The smallest absolute Gasteiger partial charge is 0.145 e. The molecule has 0 amide bonds. The third-order valence-corrected chi connectivity index (χ3v) is 2.72. The van der Waals surface area contributed by atoms with E-state index in [1.807, 2.05) is 48.5 Å². The first kappa shape index (κ1) is 10.8. The van der Waals surface area contributed by atoms with Crippen molar-refractivity contribution in [2.75, 3.05) is 6.61 Å². The van der Waals surface area contributed by atoms with Crippen molar-refractivity contribution in [3.05, 3.63) is 54.1 Å². The van der Waals surface area contributed by atoms with Crippen LogP contribution in [-0.2, 0) is 6.61 Å². The normalized spacial score (nSPS) is 12.7. The molecule has 18 heavy (non-hydrogen) atoms. The fourth-order valence-corrected chi connectivity index (χ4v) is 1.81. The zero-order valence-electron chi connectivity index (χ0n) is 9.87. The zero-order valence-corrected chi connectivity index (χ0v) is 9.87. The van der Waals surface area contributed by atoms with Crippen molar-refractivity contribution in [2.45, 2.75) is 6.61 Å². The number of hydrogen-bond acceptors (Lipinski definition) is 3. The Hall–Kier alpha value is -2.29. The standard InChI is InChI=1S/C15H13NO2/c1-2-4-12(5-3-1)11-18-13-6-7-15-14(10-13)16-8-9-17-15/h1-8,10H,9,11H2. The van der Waals surface area contributed by atoms with Crippen molar-refractivity contribution in [1.29, 1.82) is 0 Å². The monoisotopic (exact) mass is 239 g/mol. The molecule has 1 aliphatic rings. The fraction of sp³-hybridized carbons (Fsp3) is 0.133. The molecule has 0 aromatic heterocycles. The molecule has 0 saturated carbocycles. The highest BCUT2D eigenvalue weighted by Gasteiger charge is 2.07. The van der Waals surface area contributed by atoms with Crippen molar-refractivity contribution < 1.29 is 9.47 Å². The number of aliphatic imine (C=N–C) groups is 1. The summed E-state index contributed by atoms with van der Waals surface area (Å²) in [5.74, 6) is 1.62. The van der Waals surface area contributed by atoms with Gasteiger partial charge in [0.25, 0.3) is 0 Å². The molecule has 3 heteroatoms. The lowest BCUT2D eigenvalue weighted by Crippen LogP contribution is -2.03. The zero-order chi connectivity index (χ0) is 12.2. The summed E-state index contributed by atoms with van der Waals surface area (Å²) >= 11 is 0. The molecule has 0 fully saturated rings. The van der Waals surface area contributed by atoms with Crippen molar-refractivity contribution in [3.63, 3.8) is 0 Å². The van der Waals surface area contributed by atoms with Crippen LogP contribution in [0.1, 0.15) is 5.56 Å². The predicted octanol–water partition coefficient (Wildman–Crippen LogP) is 3.36. The first-order chi connectivity index (χ1) is 8.92. The molecule has 1 aliphatic heterocycles. The molecular formula is C15H13NO2. The van der Waals surface area contributed by atoms with Crippen LogP contribution in [0.2, 0.25) is 0 Å². The molecule has 0 atom stereocenters. The molecule has 0 N–H and O–H groups in total. The van der Waals surface area contributed by atoms with Gasteiger partial charge in [-0.3, -0.25) is 4.99 Å². The van der Waals surface area contributed by atoms with Gasteiger partial charge in [0.2, 0.25) is 0 Å². The Morgan fingerprint density at radius 1 is 1.11 bits per heavy atom. The number of ether oxygens (including phenoxy) is 2. The molecule has 2 aromatic carbocycles. The van der Waals surface area contributed by atoms with Crippen molar-refractivity contribution >= 4 is 11.9 Å². The summed E-state index contributed by atoms with van der Waals surface area (Å²) in [5, 5.41) is 0. The van der Waals surface area contributed by atoms with Gasteiger partial charge in [-0.1, -0.05) is 30.3 Å². The summed E-state index contributed by atoms with van der Waals surface area (Å²) in [6.45, 7) is 1.10. The Bertz CT molecular complexity index is 564. The van der Waals surface area contributed by atoms with Gasteiger partial charge in [-0.2, -0.15) is 0 Å². The van der Waals surface area contributed by atoms with Gasteiger partial charge < -0.3 is 9.47 Å². The molecule has 2 aromatic rings. The summed E-state index contributed by atoms with van der Waals surface area (Å²) in [5.41, 5.74) is 1.97. The second kappa shape index (κ2) is 4.92. The Labute approximate surface area is 106 Å². The highest BCUT2D eigenvalue weighted by atomic mass is 16.5. The second-order valence-corrected chi connectivity index (χ2v) is 4.03. The van der Waals surface area contributed by atoms with E-state index in [0.717, 1.165) is 22.7 Å². The van der Waals surface area contributed by atoms with Gasteiger partial charge in [0.05, 0.1) is 0 Å². The summed E-state index contributed by atoms with van der Waals surface area (Å²) < 4.78 is 11.2. The van der Waals surface area contributed by atoms with Crippen LogP contribution in [0.5, 0.6) is 11.5 Å². The molecule has 0 aliphatic carbocycles. The van der Waals surface area contributed by atoms with Crippen molar-refractivity contribution in [2.24, 2.45) is 4.99 Å². The maximum atomic E-state index is 5.73. The minimum atomic E-state index is 0.539. The van der Waals surface area contributed by atoms with Crippen LogP contribution in [0.3, 0.4) is 0 Å². The van der Waals surface area contributed by atoms with Crippen molar-refractivity contribution in [3.8, 4) is 11.5 Å². The van der Waals surface area contributed by atoms with E-state index in [1.165, 1.54) is 0 Å². The molecule has 90 valence electrons. The first-order valence-electron chi connectivity index (χ1n) is 5.88. The van der Waals surface area contributed by atoms with Gasteiger partial charge >= 0.3 is 0 Å². The Kier molecular flexibility index (Phi) is 2.96. The maximum absolute atomic E-state index is 5.73. The topological polar surface area (TPSA) is 30.8 Å². The highest BCUT2D eigenvalue weighted by Crippen LogP contribution is 2.33. The molecule has 0 spiro atoms. The SMILES string of the molecule is C1=Nc2cc(OCc3ccccc3)ccc2OC1. The Morgan fingerprint density at radius 2 is 2.00 bits per heavy atom. The van der Waals surface area contributed by atoms with E-state index < -0.39 is 0 Å². The van der Waals surface area contributed by atoms with E-state index in [1.54, 1.807) is 6.21 Å². The van der Waals surface area contributed by atoms with Crippen LogP contribution in [0.25, 0.3) is 0 Å². The quantitative estimate of drug-likeness (QED) is 0.822. The Morgan fingerprint density at radius 3 is 2.89 bits per heavy atom. The first-order valence-corrected chi connectivity index (χ1v) is 5.88. The van der Waals surface area contributed by atoms with Gasteiger partial charge in [0.15, 0.2) is 0 Å².